The molecular formula is C14H21N3O4. The van der Waals surface area contributed by atoms with E-state index < -0.39 is 18.1 Å². The molecule has 0 unspecified atom stereocenters. The molecule has 0 fully saturated rings. The summed E-state index contributed by atoms with van der Waals surface area (Å²) in [6.45, 7) is 1.56. The van der Waals surface area contributed by atoms with Crippen molar-refractivity contribution in [3.05, 3.63) is 35.9 Å². The van der Waals surface area contributed by atoms with Crippen LogP contribution in [0.5, 0.6) is 0 Å². The highest BCUT2D eigenvalue weighted by Gasteiger charge is 2.20. The Hall–Kier alpha value is -2.12. The summed E-state index contributed by atoms with van der Waals surface area (Å²) < 4.78 is 4.98. The van der Waals surface area contributed by atoms with Gasteiger partial charge in [0.1, 0.15) is 12.6 Å². The lowest BCUT2D eigenvalue weighted by Crippen LogP contribution is -2.48. The summed E-state index contributed by atoms with van der Waals surface area (Å²) in [4.78, 5) is 22.6. The van der Waals surface area contributed by atoms with Crippen molar-refractivity contribution in [1.29, 1.82) is 0 Å². The van der Waals surface area contributed by atoms with Crippen LogP contribution in [0.25, 0.3) is 0 Å². The van der Waals surface area contributed by atoms with Gasteiger partial charge < -0.3 is 25.8 Å². The predicted molar refractivity (Wildman–Crippen MR) is 78.0 cm³/mol. The highest BCUT2D eigenvalue weighted by molar-refractivity contribution is 5.80. The molecular weight excluding hydrogens is 274 g/mol. The summed E-state index contributed by atoms with van der Waals surface area (Å²) in [5, 5.41) is 17.2. The van der Waals surface area contributed by atoms with Gasteiger partial charge in [0.05, 0.1) is 0 Å². The molecule has 7 heteroatoms. The minimum absolute atomic E-state index is 0.103. The first kappa shape index (κ1) is 16.9. The van der Waals surface area contributed by atoms with Gasteiger partial charge in [-0.3, -0.25) is 0 Å². The van der Waals surface area contributed by atoms with Crippen LogP contribution in [0.1, 0.15) is 5.56 Å². The highest BCUT2D eigenvalue weighted by atomic mass is 16.5. The molecule has 21 heavy (non-hydrogen) atoms. The number of amides is 1. The molecule has 1 rings (SSSR count). The zero-order valence-electron chi connectivity index (χ0n) is 12.0. The molecule has 0 aromatic heterocycles. The number of hydrogen-bond donors (Lipinski definition) is 4. The first-order valence-corrected chi connectivity index (χ1v) is 6.69. The summed E-state index contributed by atoms with van der Waals surface area (Å²) in [6, 6.07) is 8.15. The number of benzene rings is 1. The zero-order chi connectivity index (χ0) is 15.5. The van der Waals surface area contributed by atoms with Crippen LogP contribution < -0.4 is 16.0 Å². The fourth-order valence-electron chi connectivity index (χ4n) is 1.57. The number of carbonyl (C=O) groups is 2. The lowest BCUT2D eigenvalue weighted by Gasteiger charge is -2.15. The van der Waals surface area contributed by atoms with Crippen molar-refractivity contribution in [3.63, 3.8) is 0 Å². The monoisotopic (exact) mass is 295 g/mol. The number of carbonyl (C=O) groups excluding carboxylic acids is 1. The molecule has 0 aliphatic carbocycles. The van der Waals surface area contributed by atoms with Crippen LogP contribution in [0.4, 0.5) is 4.79 Å². The van der Waals surface area contributed by atoms with Gasteiger partial charge in [0.25, 0.3) is 0 Å². The summed E-state index contributed by atoms with van der Waals surface area (Å²) in [7, 11) is 1.80. The molecule has 116 valence electrons. The van der Waals surface area contributed by atoms with Gasteiger partial charge >= 0.3 is 12.1 Å². The van der Waals surface area contributed by atoms with Gasteiger partial charge in [-0.05, 0) is 12.6 Å². The first-order chi connectivity index (χ1) is 10.1. The van der Waals surface area contributed by atoms with Crippen molar-refractivity contribution >= 4 is 12.1 Å². The summed E-state index contributed by atoms with van der Waals surface area (Å²) in [5.41, 5.74) is 0.840. The summed E-state index contributed by atoms with van der Waals surface area (Å²) in [5.74, 6) is -1.11. The van der Waals surface area contributed by atoms with Crippen molar-refractivity contribution in [1.82, 2.24) is 16.0 Å². The molecule has 0 aliphatic heterocycles. The Morgan fingerprint density at radius 3 is 2.57 bits per heavy atom. The van der Waals surface area contributed by atoms with Crippen molar-refractivity contribution in [2.75, 3.05) is 26.7 Å². The van der Waals surface area contributed by atoms with E-state index in [1.807, 2.05) is 30.3 Å². The molecule has 0 saturated carbocycles. The van der Waals surface area contributed by atoms with Crippen LogP contribution in [0.3, 0.4) is 0 Å². The Morgan fingerprint density at radius 2 is 1.95 bits per heavy atom. The molecule has 0 aliphatic rings. The van der Waals surface area contributed by atoms with E-state index in [1.54, 1.807) is 7.05 Å². The number of nitrogens with one attached hydrogen (secondary N) is 3. The van der Waals surface area contributed by atoms with E-state index in [0.29, 0.717) is 13.1 Å². The Bertz CT molecular complexity index is 439. The molecule has 1 atom stereocenters. The lowest BCUT2D eigenvalue weighted by molar-refractivity contribution is -0.139. The number of ether oxygens (including phenoxy) is 1. The Balaban J connectivity index is 2.33. The van der Waals surface area contributed by atoms with E-state index in [2.05, 4.69) is 16.0 Å². The average molecular weight is 295 g/mol. The van der Waals surface area contributed by atoms with Gasteiger partial charge in [0.15, 0.2) is 0 Å². The second-order valence-electron chi connectivity index (χ2n) is 4.40. The molecule has 0 radical (unpaired) electrons. The number of rotatable bonds is 9. The Kier molecular flexibility index (Phi) is 7.85. The van der Waals surface area contributed by atoms with E-state index in [0.717, 1.165) is 5.56 Å². The van der Waals surface area contributed by atoms with Crippen molar-refractivity contribution < 1.29 is 19.4 Å². The van der Waals surface area contributed by atoms with E-state index in [-0.39, 0.29) is 13.2 Å². The fourth-order valence-corrected chi connectivity index (χ4v) is 1.57. The number of carboxylic acid groups (broad SMARTS) is 1. The van der Waals surface area contributed by atoms with Gasteiger partial charge in [-0.15, -0.1) is 0 Å². The third-order valence-electron chi connectivity index (χ3n) is 2.70. The van der Waals surface area contributed by atoms with Crippen molar-refractivity contribution in [2.24, 2.45) is 0 Å². The van der Waals surface area contributed by atoms with E-state index in [1.165, 1.54) is 0 Å². The molecule has 7 nitrogen and oxygen atoms in total. The topological polar surface area (TPSA) is 99.7 Å². The third kappa shape index (κ3) is 7.28. The minimum Gasteiger partial charge on any atom is -0.480 e. The SMILES string of the molecule is CNCCNC[C@H](NC(=O)OCc1ccccc1)C(=O)O. The second kappa shape index (κ2) is 9.73. The molecule has 0 bridgehead atoms. The second-order valence-corrected chi connectivity index (χ2v) is 4.40. The number of alkyl carbamates (subject to hydrolysis) is 1. The number of aliphatic carboxylic acids is 1. The Labute approximate surface area is 123 Å². The highest BCUT2D eigenvalue weighted by Crippen LogP contribution is 2.00. The van der Waals surface area contributed by atoms with Crippen LogP contribution >= 0.6 is 0 Å². The van der Waals surface area contributed by atoms with E-state index in [4.69, 9.17) is 9.84 Å². The van der Waals surface area contributed by atoms with Gasteiger partial charge in [-0.1, -0.05) is 30.3 Å². The standard InChI is InChI=1S/C14H21N3O4/c1-15-7-8-16-9-12(13(18)19)17-14(20)21-10-11-5-3-2-4-6-11/h2-6,12,15-16H,7-10H2,1H3,(H,17,20)(H,18,19)/t12-/m0/s1. The molecule has 1 aromatic rings. The van der Waals surface area contributed by atoms with Gasteiger partial charge in [0.2, 0.25) is 0 Å². The van der Waals surface area contributed by atoms with E-state index >= 15 is 0 Å². The summed E-state index contributed by atoms with van der Waals surface area (Å²) in [6.07, 6.45) is -0.748. The molecule has 0 saturated heterocycles. The number of hydrogen-bond acceptors (Lipinski definition) is 5. The average Bonchev–Trinajstić information content (AvgIpc) is 2.49. The quantitative estimate of drug-likeness (QED) is 0.485. The molecule has 1 amide bonds. The largest absolute Gasteiger partial charge is 0.480 e. The maximum absolute atomic E-state index is 11.6. The maximum atomic E-state index is 11.6. The maximum Gasteiger partial charge on any atom is 0.408 e. The third-order valence-corrected chi connectivity index (χ3v) is 2.70. The van der Waals surface area contributed by atoms with Crippen LogP contribution in [0, 0.1) is 0 Å². The van der Waals surface area contributed by atoms with Crippen molar-refractivity contribution in [3.8, 4) is 0 Å². The fraction of sp³-hybridized carbons (Fsp3) is 0.429. The summed E-state index contributed by atoms with van der Waals surface area (Å²) >= 11 is 0. The normalized spacial score (nSPS) is 11.7. The van der Waals surface area contributed by atoms with Gasteiger partial charge in [-0.25, -0.2) is 9.59 Å². The van der Waals surface area contributed by atoms with Crippen LogP contribution in [0.15, 0.2) is 30.3 Å². The zero-order valence-corrected chi connectivity index (χ0v) is 12.0. The van der Waals surface area contributed by atoms with Crippen LogP contribution in [-0.4, -0.2) is 49.9 Å². The van der Waals surface area contributed by atoms with E-state index in [9.17, 15) is 9.59 Å². The number of likely N-dealkylation sites (N-methyl/N-ethyl adjacent to an activating group) is 1. The lowest BCUT2D eigenvalue weighted by atomic mass is 10.2. The first-order valence-electron chi connectivity index (χ1n) is 6.69. The van der Waals surface area contributed by atoms with Crippen LogP contribution in [0.2, 0.25) is 0 Å². The smallest absolute Gasteiger partial charge is 0.408 e. The minimum atomic E-state index is -1.11. The molecule has 4 N–H and O–H groups in total. The Morgan fingerprint density at radius 1 is 1.24 bits per heavy atom. The molecule has 0 spiro atoms. The van der Waals surface area contributed by atoms with Crippen LogP contribution in [-0.2, 0) is 16.1 Å². The van der Waals surface area contributed by atoms with Gasteiger partial charge in [0, 0.05) is 19.6 Å². The predicted octanol–water partition coefficient (Wildman–Crippen LogP) is 0.175. The number of carboxylic acids is 1. The molecule has 1 aromatic carbocycles. The van der Waals surface area contributed by atoms with Gasteiger partial charge in [-0.2, -0.15) is 0 Å². The molecule has 0 heterocycles. The van der Waals surface area contributed by atoms with Crippen molar-refractivity contribution in [2.45, 2.75) is 12.6 Å².